The number of halogens is 1. The van der Waals surface area contributed by atoms with E-state index in [0.717, 1.165) is 48.1 Å². The molecule has 6 nitrogen and oxygen atoms in total. The summed E-state index contributed by atoms with van der Waals surface area (Å²) < 4.78 is 15.6. The summed E-state index contributed by atoms with van der Waals surface area (Å²) in [6, 6.07) is 10.8. The third-order valence-electron chi connectivity index (χ3n) is 8.20. The number of aromatic nitrogens is 1. The molecule has 2 heterocycles. The molecular formula is C30H31FN4O2. The van der Waals surface area contributed by atoms with Crippen LogP contribution in [-0.4, -0.2) is 34.2 Å². The molecule has 190 valence electrons. The maximum atomic E-state index is 15.6. The average molecular weight is 499 g/mol. The number of benzene rings is 2. The van der Waals surface area contributed by atoms with Gasteiger partial charge in [-0.1, -0.05) is 18.2 Å². The monoisotopic (exact) mass is 498 g/mol. The van der Waals surface area contributed by atoms with Gasteiger partial charge in [-0.25, -0.2) is 4.39 Å². The molecule has 0 spiro atoms. The lowest BCUT2D eigenvalue weighted by Crippen LogP contribution is -2.32. The molecule has 2 aliphatic carbocycles. The van der Waals surface area contributed by atoms with Gasteiger partial charge in [-0.3, -0.25) is 14.8 Å². The molecule has 6 rings (SSSR count). The molecule has 3 aromatic rings. The van der Waals surface area contributed by atoms with Crippen LogP contribution in [-0.2, 0) is 18.7 Å². The van der Waals surface area contributed by atoms with Gasteiger partial charge in [0, 0.05) is 48.4 Å². The third-order valence-corrected chi connectivity index (χ3v) is 8.20. The van der Waals surface area contributed by atoms with Gasteiger partial charge in [0.15, 0.2) is 0 Å². The fourth-order valence-corrected chi connectivity index (χ4v) is 5.96. The maximum absolute atomic E-state index is 15.6. The first kappa shape index (κ1) is 23.8. The molecule has 0 bridgehead atoms. The number of fused-ring (bicyclic) bond motifs is 1. The van der Waals surface area contributed by atoms with Crippen LogP contribution in [0.25, 0.3) is 11.1 Å². The number of hydrogen-bond acceptors (Lipinski definition) is 5. The van der Waals surface area contributed by atoms with E-state index in [2.05, 4.69) is 9.98 Å². The fourth-order valence-electron chi connectivity index (χ4n) is 5.96. The molecule has 2 aromatic carbocycles. The summed E-state index contributed by atoms with van der Waals surface area (Å²) in [5.74, 6) is -0.0165. The van der Waals surface area contributed by atoms with Crippen LogP contribution in [0.1, 0.15) is 64.0 Å². The summed E-state index contributed by atoms with van der Waals surface area (Å²) in [4.78, 5) is 22.9. The Morgan fingerprint density at radius 1 is 1.19 bits per heavy atom. The molecule has 0 saturated heterocycles. The highest BCUT2D eigenvalue weighted by Crippen LogP contribution is 2.58. The van der Waals surface area contributed by atoms with Crippen LogP contribution >= 0.6 is 0 Å². The van der Waals surface area contributed by atoms with Crippen LogP contribution in [0.15, 0.2) is 47.6 Å². The Labute approximate surface area is 216 Å². The molecule has 1 amide bonds. The second-order valence-electron chi connectivity index (χ2n) is 10.7. The zero-order valence-electron chi connectivity index (χ0n) is 21.2. The number of carbonyl (C=O) groups excluding carboxylic acids is 1. The van der Waals surface area contributed by atoms with Crippen molar-refractivity contribution in [1.82, 2.24) is 9.88 Å². The Hall–Kier alpha value is -3.58. The third kappa shape index (κ3) is 3.93. The van der Waals surface area contributed by atoms with E-state index in [1.54, 1.807) is 36.5 Å². The molecule has 7 heteroatoms. The number of aliphatic hydroxyl groups is 1. The molecule has 3 aliphatic rings. The molecule has 1 aliphatic heterocycles. The predicted octanol–water partition coefficient (Wildman–Crippen LogP) is 4.99. The molecule has 0 unspecified atom stereocenters. The topological polar surface area (TPSA) is 91.8 Å². The number of nitrogens with zero attached hydrogens (tertiary/aromatic N) is 3. The second-order valence-corrected chi connectivity index (χ2v) is 10.7. The van der Waals surface area contributed by atoms with Crippen molar-refractivity contribution in [2.75, 3.05) is 12.8 Å². The van der Waals surface area contributed by atoms with Crippen molar-refractivity contribution in [3.8, 4) is 11.1 Å². The van der Waals surface area contributed by atoms with Gasteiger partial charge >= 0.3 is 0 Å². The number of rotatable bonds is 7. The van der Waals surface area contributed by atoms with Crippen molar-refractivity contribution >= 4 is 17.8 Å². The number of aryl methyl sites for hydroxylation is 1. The number of nitrogens with two attached hydrogens (primary N) is 1. The van der Waals surface area contributed by atoms with Crippen LogP contribution in [0.3, 0.4) is 0 Å². The Morgan fingerprint density at radius 2 is 1.92 bits per heavy atom. The largest absolute Gasteiger partial charge is 0.398 e. The van der Waals surface area contributed by atoms with Crippen LogP contribution in [0.5, 0.6) is 0 Å². The molecule has 2 saturated carbocycles. The SMILES string of the molecule is CN=Cc1c(-c2cc(C)c(CN3Cc4ncccc4C3=O)c(F)c2)ccc(C(O)(C2CC2)C2CC2)c1N. The smallest absolute Gasteiger partial charge is 0.256 e. The van der Waals surface area contributed by atoms with Gasteiger partial charge in [0.05, 0.1) is 23.4 Å². The second kappa shape index (κ2) is 8.77. The summed E-state index contributed by atoms with van der Waals surface area (Å²) in [5.41, 5.74) is 11.8. The first-order valence-electron chi connectivity index (χ1n) is 12.9. The number of carbonyl (C=O) groups is 1. The minimum Gasteiger partial charge on any atom is -0.398 e. The van der Waals surface area contributed by atoms with Crippen molar-refractivity contribution in [3.05, 3.63) is 81.9 Å². The highest BCUT2D eigenvalue weighted by molar-refractivity contribution is 5.98. The Balaban J connectivity index is 1.35. The van der Waals surface area contributed by atoms with E-state index in [1.165, 1.54) is 6.07 Å². The minimum absolute atomic E-state index is 0.130. The summed E-state index contributed by atoms with van der Waals surface area (Å²) in [6.45, 7) is 2.40. The zero-order valence-corrected chi connectivity index (χ0v) is 21.2. The van der Waals surface area contributed by atoms with Gasteiger partial charge in [0.25, 0.3) is 5.91 Å². The minimum atomic E-state index is -0.904. The number of anilines is 1. The van der Waals surface area contributed by atoms with Crippen LogP contribution < -0.4 is 5.73 Å². The fraction of sp³-hybridized carbons (Fsp3) is 0.367. The standard InChI is InChI=1S/C30H31FN4O2/c1-17-12-18(13-26(31)24(17)15-35-16-27-22(29(35)36)4-3-11-34-27)21-9-10-25(28(32)23(21)14-33-2)30(37,19-5-6-19)20-7-8-20/h3-4,9-14,19-20,37H,5-8,15-16,32H2,1-2H3. The molecule has 0 radical (unpaired) electrons. The van der Waals surface area contributed by atoms with Crippen LogP contribution in [0.4, 0.5) is 10.1 Å². The zero-order chi connectivity index (χ0) is 25.9. The van der Waals surface area contributed by atoms with Gasteiger partial charge in [-0.2, -0.15) is 0 Å². The Morgan fingerprint density at radius 3 is 2.54 bits per heavy atom. The van der Waals surface area contributed by atoms with E-state index in [0.29, 0.717) is 34.5 Å². The van der Waals surface area contributed by atoms with E-state index < -0.39 is 5.60 Å². The molecule has 2 fully saturated rings. The van der Waals surface area contributed by atoms with Crippen molar-refractivity contribution in [1.29, 1.82) is 0 Å². The molecule has 0 atom stereocenters. The quantitative estimate of drug-likeness (QED) is 0.355. The first-order chi connectivity index (χ1) is 17.8. The lowest BCUT2D eigenvalue weighted by atomic mass is 9.80. The van der Waals surface area contributed by atoms with E-state index in [9.17, 15) is 9.90 Å². The van der Waals surface area contributed by atoms with Crippen LogP contribution in [0.2, 0.25) is 0 Å². The van der Waals surface area contributed by atoms with E-state index in [1.807, 2.05) is 25.1 Å². The van der Waals surface area contributed by atoms with Gasteiger partial charge in [-0.15, -0.1) is 0 Å². The van der Waals surface area contributed by atoms with Gasteiger partial charge in [0.2, 0.25) is 0 Å². The van der Waals surface area contributed by atoms with Crippen molar-refractivity contribution in [2.45, 2.75) is 51.3 Å². The first-order valence-corrected chi connectivity index (χ1v) is 12.9. The van der Waals surface area contributed by atoms with Crippen molar-refractivity contribution in [2.24, 2.45) is 16.8 Å². The maximum Gasteiger partial charge on any atom is 0.256 e. The Kier molecular flexibility index (Phi) is 5.64. The predicted molar refractivity (Wildman–Crippen MR) is 142 cm³/mol. The summed E-state index contributed by atoms with van der Waals surface area (Å²) >= 11 is 0. The number of amides is 1. The number of nitrogen functional groups attached to an aromatic ring is 1. The van der Waals surface area contributed by atoms with Gasteiger partial charge < -0.3 is 15.7 Å². The normalized spacial score (nSPS) is 17.6. The lowest BCUT2D eigenvalue weighted by molar-refractivity contribution is -0.00947. The number of hydrogen-bond donors (Lipinski definition) is 2. The summed E-state index contributed by atoms with van der Waals surface area (Å²) in [6.07, 6.45) is 7.41. The van der Waals surface area contributed by atoms with Crippen molar-refractivity contribution < 1.29 is 14.3 Å². The Bertz CT molecular complexity index is 1410. The van der Waals surface area contributed by atoms with Crippen molar-refractivity contribution in [3.63, 3.8) is 0 Å². The van der Waals surface area contributed by atoms with E-state index in [-0.39, 0.29) is 30.1 Å². The van der Waals surface area contributed by atoms with Crippen LogP contribution in [0, 0.1) is 24.6 Å². The molecular weight excluding hydrogens is 467 g/mol. The number of pyridine rings is 1. The number of aliphatic imine (C=N–C) groups is 1. The van der Waals surface area contributed by atoms with Gasteiger partial charge in [-0.05, 0) is 79.3 Å². The summed E-state index contributed by atoms with van der Waals surface area (Å²) in [5, 5.41) is 11.7. The molecule has 3 N–H and O–H groups in total. The molecule has 37 heavy (non-hydrogen) atoms. The summed E-state index contributed by atoms with van der Waals surface area (Å²) in [7, 11) is 1.68. The highest BCUT2D eigenvalue weighted by atomic mass is 19.1. The van der Waals surface area contributed by atoms with Gasteiger partial charge in [0.1, 0.15) is 5.82 Å². The highest BCUT2D eigenvalue weighted by Gasteiger charge is 2.55. The molecule has 1 aromatic heterocycles. The van der Waals surface area contributed by atoms with E-state index in [4.69, 9.17) is 5.73 Å². The van der Waals surface area contributed by atoms with E-state index >= 15 is 4.39 Å². The lowest BCUT2D eigenvalue weighted by Gasteiger charge is -2.31. The average Bonchev–Trinajstić information content (AvgIpc) is 3.80.